The molecule has 0 aliphatic carbocycles. The van der Waals surface area contributed by atoms with E-state index < -0.39 is 0 Å². The fourth-order valence-corrected chi connectivity index (χ4v) is 4.27. The first-order valence-electron chi connectivity index (χ1n) is 9.85. The van der Waals surface area contributed by atoms with Crippen molar-refractivity contribution in [2.45, 2.75) is 13.8 Å². The molecule has 4 rings (SSSR count). The van der Waals surface area contributed by atoms with E-state index in [1.807, 2.05) is 56.3 Å². The number of aryl methyl sites for hydroxylation is 1. The van der Waals surface area contributed by atoms with E-state index >= 15 is 0 Å². The van der Waals surface area contributed by atoms with Crippen LogP contribution in [-0.2, 0) is 0 Å². The number of hydrogen-bond acceptors (Lipinski definition) is 5. The van der Waals surface area contributed by atoms with Gasteiger partial charge in [0.2, 0.25) is 0 Å². The molecule has 0 aliphatic rings. The van der Waals surface area contributed by atoms with Gasteiger partial charge >= 0.3 is 0 Å². The summed E-state index contributed by atoms with van der Waals surface area (Å²) in [6.45, 7) is 4.42. The van der Waals surface area contributed by atoms with Crippen LogP contribution in [0.25, 0.3) is 20.8 Å². The molecule has 0 spiro atoms. The van der Waals surface area contributed by atoms with Gasteiger partial charge < -0.3 is 10.1 Å². The Morgan fingerprint density at radius 1 is 1.10 bits per heavy atom. The lowest BCUT2D eigenvalue weighted by atomic mass is 10.1. The van der Waals surface area contributed by atoms with Gasteiger partial charge in [0.1, 0.15) is 10.8 Å². The standard InChI is InChI=1S/C24H21N3O2S2/c1-3-29-18-8-6-7-16(13-18)22(28)27-24(30)26-20-14-17(12-11-15(20)2)23-25-19-9-4-5-10-21(19)31-23/h4-14H,3H2,1-2H3,(H2,26,27,28,30). The zero-order valence-electron chi connectivity index (χ0n) is 17.1. The van der Waals surface area contributed by atoms with E-state index in [2.05, 4.69) is 16.7 Å². The minimum absolute atomic E-state index is 0.233. The molecule has 2 N–H and O–H groups in total. The Balaban J connectivity index is 1.49. The number of rotatable bonds is 5. The molecule has 156 valence electrons. The summed E-state index contributed by atoms with van der Waals surface area (Å²) >= 11 is 7.02. The van der Waals surface area contributed by atoms with E-state index in [1.54, 1.807) is 29.5 Å². The second-order valence-electron chi connectivity index (χ2n) is 6.89. The number of nitrogens with one attached hydrogen (secondary N) is 2. The summed E-state index contributed by atoms with van der Waals surface area (Å²) in [7, 11) is 0. The zero-order valence-corrected chi connectivity index (χ0v) is 18.8. The average Bonchev–Trinajstić information content (AvgIpc) is 3.20. The average molecular weight is 448 g/mol. The number of hydrogen-bond donors (Lipinski definition) is 2. The molecule has 7 heteroatoms. The molecule has 0 radical (unpaired) electrons. The van der Waals surface area contributed by atoms with Crippen LogP contribution < -0.4 is 15.4 Å². The van der Waals surface area contributed by atoms with Crippen molar-refractivity contribution in [3.05, 3.63) is 77.9 Å². The van der Waals surface area contributed by atoms with E-state index in [9.17, 15) is 4.79 Å². The van der Waals surface area contributed by atoms with Crippen LogP contribution in [-0.4, -0.2) is 22.6 Å². The van der Waals surface area contributed by atoms with Crippen LogP contribution in [0.1, 0.15) is 22.8 Å². The summed E-state index contributed by atoms with van der Waals surface area (Å²) in [6, 6.07) is 21.1. The Bertz CT molecular complexity index is 1230. The van der Waals surface area contributed by atoms with Crippen LogP contribution >= 0.6 is 23.6 Å². The fourth-order valence-electron chi connectivity index (χ4n) is 3.11. The van der Waals surface area contributed by atoms with Gasteiger partial charge in [-0.1, -0.05) is 30.3 Å². The van der Waals surface area contributed by atoms with E-state index in [0.29, 0.717) is 17.9 Å². The number of thiazole rings is 1. The van der Waals surface area contributed by atoms with Crippen LogP contribution in [0.3, 0.4) is 0 Å². The lowest BCUT2D eigenvalue weighted by Crippen LogP contribution is -2.34. The number of ether oxygens (including phenoxy) is 1. The van der Waals surface area contributed by atoms with E-state index in [1.165, 1.54) is 0 Å². The van der Waals surface area contributed by atoms with Crippen molar-refractivity contribution >= 4 is 50.5 Å². The Hall–Kier alpha value is -3.29. The molecule has 0 unspecified atom stereocenters. The van der Waals surface area contributed by atoms with Crippen LogP contribution in [0.2, 0.25) is 0 Å². The van der Waals surface area contributed by atoms with Gasteiger partial charge in [0.25, 0.3) is 5.91 Å². The van der Waals surface area contributed by atoms with Gasteiger partial charge in [-0.3, -0.25) is 10.1 Å². The molecule has 1 amide bonds. The Kier molecular flexibility index (Phi) is 6.25. The maximum Gasteiger partial charge on any atom is 0.257 e. The van der Waals surface area contributed by atoms with Crippen molar-refractivity contribution in [2.24, 2.45) is 0 Å². The zero-order chi connectivity index (χ0) is 21.8. The molecule has 0 saturated carbocycles. The fraction of sp³-hybridized carbons (Fsp3) is 0.125. The quantitative estimate of drug-likeness (QED) is 0.379. The van der Waals surface area contributed by atoms with E-state index in [4.69, 9.17) is 21.9 Å². The smallest absolute Gasteiger partial charge is 0.257 e. The van der Waals surface area contributed by atoms with Gasteiger partial charge in [0, 0.05) is 16.8 Å². The molecule has 1 aromatic heterocycles. The number of benzene rings is 3. The summed E-state index contributed by atoms with van der Waals surface area (Å²) in [5.41, 5.74) is 4.29. The predicted molar refractivity (Wildman–Crippen MR) is 131 cm³/mol. The molecular formula is C24H21N3O2S2. The highest BCUT2D eigenvalue weighted by molar-refractivity contribution is 7.80. The summed E-state index contributed by atoms with van der Waals surface area (Å²) in [5, 5.41) is 7.04. The number of fused-ring (bicyclic) bond motifs is 1. The largest absolute Gasteiger partial charge is 0.494 e. The van der Waals surface area contributed by atoms with Crippen LogP contribution in [0.5, 0.6) is 5.75 Å². The molecule has 1 heterocycles. The monoisotopic (exact) mass is 447 g/mol. The third-order valence-electron chi connectivity index (χ3n) is 4.66. The molecule has 0 atom stereocenters. The van der Waals surface area contributed by atoms with Crippen molar-refractivity contribution in [3.63, 3.8) is 0 Å². The highest BCUT2D eigenvalue weighted by Gasteiger charge is 2.12. The number of amides is 1. The van der Waals surface area contributed by atoms with Gasteiger partial charge in [0.15, 0.2) is 5.11 Å². The Morgan fingerprint density at radius 2 is 1.94 bits per heavy atom. The maximum atomic E-state index is 12.6. The predicted octanol–water partition coefficient (Wildman–Crippen LogP) is 5.80. The van der Waals surface area contributed by atoms with E-state index in [-0.39, 0.29) is 11.0 Å². The van der Waals surface area contributed by atoms with Gasteiger partial charge in [-0.2, -0.15) is 0 Å². The first kappa shape index (κ1) is 21.0. The number of nitrogens with zero attached hydrogens (tertiary/aromatic N) is 1. The maximum absolute atomic E-state index is 12.6. The third-order valence-corrected chi connectivity index (χ3v) is 5.95. The number of carbonyl (C=O) groups is 1. The number of anilines is 1. The van der Waals surface area contributed by atoms with Gasteiger partial charge in [-0.05, 0) is 68.0 Å². The summed E-state index contributed by atoms with van der Waals surface area (Å²) in [6.07, 6.45) is 0. The molecule has 0 bridgehead atoms. The number of aromatic nitrogens is 1. The second kappa shape index (κ2) is 9.24. The normalized spacial score (nSPS) is 10.6. The van der Waals surface area contributed by atoms with E-state index in [0.717, 1.165) is 32.0 Å². The lowest BCUT2D eigenvalue weighted by Gasteiger charge is -2.13. The molecule has 3 aromatic carbocycles. The summed E-state index contributed by atoms with van der Waals surface area (Å²) in [5.74, 6) is 0.354. The van der Waals surface area contributed by atoms with Crippen LogP contribution in [0.4, 0.5) is 5.69 Å². The van der Waals surface area contributed by atoms with Gasteiger partial charge in [-0.15, -0.1) is 11.3 Å². The van der Waals surface area contributed by atoms with Crippen LogP contribution in [0, 0.1) is 6.92 Å². The Labute approximate surface area is 190 Å². The molecular weight excluding hydrogens is 426 g/mol. The molecule has 31 heavy (non-hydrogen) atoms. The van der Waals surface area contributed by atoms with Crippen molar-refractivity contribution in [2.75, 3.05) is 11.9 Å². The van der Waals surface area contributed by atoms with Crippen molar-refractivity contribution in [1.29, 1.82) is 0 Å². The summed E-state index contributed by atoms with van der Waals surface area (Å²) in [4.78, 5) is 17.3. The topological polar surface area (TPSA) is 63.2 Å². The molecule has 5 nitrogen and oxygen atoms in total. The molecule has 0 aliphatic heterocycles. The minimum atomic E-state index is -0.293. The van der Waals surface area contributed by atoms with Gasteiger partial charge in [0.05, 0.1) is 16.8 Å². The molecule has 0 saturated heterocycles. The highest BCUT2D eigenvalue weighted by Crippen LogP contribution is 2.32. The molecule has 4 aromatic rings. The summed E-state index contributed by atoms with van der Waals surface area (Å²) < 4.78 is 6.60. The minimum Gasteiger partial charge on any atom is -0.494 e. The van der Waals surface area contributed by atoms with Crippen molar-refractivity contribution in [3.8, 4) is 16.3 Å². The van der Waals surface area contributed by atoms with Crippen molar-refractivity contribution < 1.29 is 9.53 Å². The number of thiocarbonyl (C=S) groups is 1. The Morgan fingerprint density at radius 3 is 2.74 bits per heavy atom. The van der Waals surface area contributed by atoms with Gasteiger partial charge in [-0.25, -0.2) is 4.98 Å². The highest BCUT2D eigenvalue weighted by atomic mass is 32.1. The van der Waals surface area contributed by atoms with Crippen molar-refractivity contribution in [1.82, 2.24) is 10.3 Å². The SMILES string of the molecule is CCOc1cccc(C(=O)NC(=S)Nc2cc(-c3nc4ccccc4s3)ccc2C)c1. The first-order valence-corrected chi connectivity index (χ1v) is 11.1. The van der Waals surface area contributed by atoms with Crippen LogP contribution in [0.15, 0.2) is 66.7 Å². The second-order valence-corrected chi connectivity index (χ2v) is 8.32. The first-order chi connectivity index (χ1) is 15.0. The molecule has 0 fully saturated rings. The number of carbonyl (C=O) groups excluding carboxylic acids is 1. The lowest BCUT2D eigenvalue weighted by molar-refractivity contribution is 0.0977. The third kappa shape index (κ3) is 4.90. The number of para-hydroxylation sites is 1.